The van der Waals surface area contributed by atoms with Crippen LogP contribution in [0, 0.1) is 0 Å². The number of hydrogen-bond donors (Lipinski definition) is 0. The Bertz CT molecular complexity index is 1020. The predicted octanol–water partition coefficient (Wildman–Crippen LogP) is 3.98. The lowest BCUT2D eigenvalue weighted by Gasteiger charge is -2.42. The van der Waals surface area contributed by atoms with Gasteiger partial charge in [0.25, 0.3) is 0 Å². The van der Waals surface area contributed by atoms with Gasteiger partial charge in [0.15, 0.2) is 17.3 Å². The fourth-order valence-electron chi connectivity index (χ4n) is 4.54. The van der Waals surface area contributed by atoms with Crippen LogP contribution >= 0.6 is 0 Å². The average Bonchev–Trinajstić information content (AvgIpc) is 3.08. The number of rotatable bonds is 6. The summed E-state index contributed by atoms with van der Waals surface area (Å²) in [4.78, 5) is 15.4. The number of quaternary nitrogens is 1. The lowest BCUT2D eigenvalue weighted by molar-refractivity contribution is -0.904. The maximum atomic E-state index is 12.9. The van der Waals surface area contributed by atoms with E-state index in [1.54, 1.807) is 20.3 Å². The summed E-state index contributed by atoms with van der Waals surface area (Å²) in [5.41, 5.74) is 4.77. The smallest absolute Gasteiger partial charge is 0.189 e. The van der Waals surface area contributed by atoms with Crippen LogP contribution in [0.25, 0.3) is 6.08 Å². The molecule has 31 heavy (non-hydrogen) atoms. The van der Waals surface area contributed by atoms with E-state index in [9.17, 15) is 4.79 Å². The Morgan fingerprint density at radius 2 is 1.71 bits per heavy atom. The maximum Gasteiger partial charge on any atom is 0.189 e. The molecule has 1 aliphatic carbocycles. The highest BCUT2D eigenvalue weighted by Crippen LogP contribution is 2.37. The Labute approximate surface area is 184 Å². The molecule has 5 nitrogen and oxygen atoms in total. The number of fused-ring (bicyclic) bond motifs is 1. The van der Waals surface area contributed by atoms with Gasteiger partial charge in [0.1, 0.15) is 0 Å². The van der Waals surface area contributed by atoms with Crippen molar-refractivity contribution < 1.29 is 18.8 Å². The van der Waals surface area contributed by atoms with Crippen molar-refractivity contribution in [1.82, 2.24) is 0 Å². The summed E-state index contributed by atoms with van der Waals surface area (Å²) in [6, 6.07) is 12.2. The molecule has 2 aromatic carbocycles. The van der Waals surface area contributed by atoms with Crippen molar-refractivity contribution in [3.8, 4) is 11.5 Å². The second kappa shape index (κ2) is 8.60. The van der Waals surface area contributed by atoms with E-state index in [0.29, 0.717) is 23.5 Å². The number of piperazine rings is 1. The van der Waals surface area contributed by atoms with Crippen LogP contribution in [0.3, 0.4) is 0 Å². The topological polar surface area (TPSA) is 38.8 Å². The number of nitrogens with zero attached hydrogens (tertiary/aromatic N) is 2. The lowest BCUT2D eigenvalue weighted by Crippen LogP contribution is -2.57. The van der Waals surface area contributed by atoms with Gasteiger partial charge in [0.2, 0.25) is 0 Å². The summed E-state index contributed by atoms with van der Waals surface area (Å²) in [6.07, 6.45) is 4.63. The number of hydrogen-bond acceptors (Lipinski definition) is 4. The SMILES string of the molecule is C=CC[N+]1(C)CCN(c2ccc(/C=C3\Cc4cc(OC)c(OC)cc4C3=O)cc2)CC1. The second-order valence-corrected chi connectivity index (χ2v) is 8.66. The van der Waals surface area contributed by atoms with Gasteiger partial charge in [-0.05, 0) is 47.5 Å². The molecule has 5 heteroatoms. The van der Waals surface area contributed by atoms with Gasteiger partial charge in [-0.2, -0.15) is 0 Å². The molecule has 162 valence electrons. The fraction of sp³-hybridized carbons (Fsp3) is 0.346. The first-order valence-corrected chi connectivity index (χ1v) is 10.8. The van der Waals surface area contributed by atoms with Crippen molar-refractivity contribution in [2.45, 2.75) is 6.42 Å². The van der Waals surface area contributed by atoms with Crippen molar-refractivity contribution in [2.75, 3.05) is 58.9 Å². The number of Topliss-reactive ketones (excluding diaryl/α,β-unsaturated/α-hetero) is 1. The van der Waals surface area contributed by atoms with Crippen molar-refractivity contribution in [1.29, 1.82) is 0 Å². The second-order valence-electron chi connectivity index (χ2n) is 8.66. The molecule has 1 aliphatic heterocycles. The fourth-order valence-corrected chi connectivity index (χ4v) is 4.54. The zero-order valence-electron chi connectivity index (χ0n) is 18.7. The van der Waals surface area contributed by atoms with Gasteiger partial charge in [0, 0.05) is 23.2 Å². The summed E-state index contributed by atoms with van der Waals surface area (Å²) in [5.74, 6) is 1.31. The molecular formula is C26H31N2O3+. The van der Waals surface area contributed by atoms with Crippen LogP contribution in [-0.2, 0) is 6.42 Å². The predicted molar refractivity (Wildman–Crippen MR) is 125 cm³/mol. The van der Waals surface area contributed by atoms with E-state index in [0.717, 1.165) is 53.9 Å². The number of likely N-dealkylation sites (N-methyl/N-ethyl adjacent to an activating group) is 1. The zero-order valence-corrected chi connectivity index (χ0v) is 18.7. The minimum absolute atomic E-state index is 0.0651. The molecule has 0 amide bonds. The quantitative estimate of drug-likeness (QED) is 0.403. The summed E-state index contributed by atoms with van der Waals surface area (Å²) in [5, 5.41) is 0. The minimum atomic E-state index is 0.0651. The third-order valence-corrected chi connectivity index (χ3v) is 6.52. The number of carbonyl (C=O) groups is 1. The minimum Gasteiger partial charge on any atom is -0.493 e. The molecule has 0 bridgehead atoms. The van der Waals surface area contributed by atoms with Crippen LogP contribution in [0.1, 0.15) is 21.5 Å². The first kappa shape index (κ1) is 21.2. The first-order valence-electron chi connectivity index (χ1n) is 10.8. The summed E-state index contributed by atoms with van der Waals surface area (Å²) in [6.45, 7) is 9.25. The Hall–Kier alpha value is -3.05. The third kappa shape index (κ3) is 4.23. The van der Waals surface area contributed by atoms with E-state index in [4.69, 9.17) is 9.47 Å². The van der Waals surface area contributed by atoms with Gasteiger partial charge >= 0.3 is 0 Å². The van der Waals surface area contributed by atoms with Gasteiger partial charge in [-0.1, -0.05) is 18.7 Å². The molecule has 0 spiro atoms. The molecule has 2 aromatic rings. The number of ether oxygens (including phenoxy) is 2. The number of methoxy groups -OCH3 is 2. The number of allylic oxidation sites excluding steroid dienone is 1. The molecule has 4 rings (SSSR count). The van der Waals surface area contributed by atoms with Crippen molar-refractivity contribution in [3.05, 3.63) is 71.3 Å². The molecule has 2 aliphatic rings. The summed E-state index contributed by atoms with van der Waals surface area (Å²) >= 11 is 0. The molecular weight excluding hydrogens is 388 g/mol. The number of ketones is 1. The van der Waals surface area contributed by atoms with E-state index in [1.165, 1.54) is 5.69 Å². The molecule has 1 saturated heterocycles. The summed E-state index contributed by atoms with van der Waals surface area (Å²) < 4.78 is 11.8. The van der Waals surface area contributed by atoms with E-state index in [1.807, 2.05) is 18.2 Å². The standard InChI is InChI=1S/C26H31N2O3/c1-5-12-28(2)13-10-27(11-14-28)22-8-6-19(7-9-22)15-21-16-20-17-24(30-3)25(31-4)18-23(20)26(21)29/h5-9,15,17-18H,1,10-14,16H2,2-4H3/q+1/b21-15+. The highest BCUT2D eigenvalue weighted by Gasteiger charge is 2.28. The zero-order chi connectivity index (χ0) is 22.0. The molecule has 0 radical (unpaired) electrons. The molecule has 0 N–H and O–H groups in total. The maximum absolute atomic E-state index is 12.9. The monoisotopic (exact) mass is 419 g/mol. The Kier molecular flexibility index (Phi) is 5.88. The highest BCUT2D eigenvalue weighted by atomic mass is 16.5. The van der Waals surface area contributed by atoms with Crippen LogP contribution in [0.5, 0.6) is 11.5 Å². The van der Waals surface area contributed by atoms with E-state index < -0.39 is 0 Å². The molecule has 0 aromatic heterocycles. The van der Waals surface area contributed by atoms with E-state index in [2.05, 4.69) is 42.8 Å². The normalized spacial score (nSPS) is 18.7. The van der Waals surface area contributed by atoms with Gasteiger partial charge in [-0.25, -0.2) is 0 Å². The molecule has 0 unspecified atom stereocenters. The third-order valence-electron chi connectivity index (χ3n) is 6.52. The van der Waals surface area contributed by atoms with Gasteiger partial charge in [-0.15, -0.1) is 0 Å². The van der Waals surface area contributed by atoms with Crippen LogP contribution < -0.4 is 14.4 Å². The Morgan fingerprint density at radius 3 is 2.32 bits per heavy atom. The molecule has 1 fully saturated rings. The van der Waals surface area contributed by atoms with Crippen LogP contribution in [0.4, 0.5) is 5.69 Å². The van der Waals surface area contributed by atoms with Gasteiger partial charge in [-0.3, -0.25) is 4.79 Å². The Balaban J connectivity index is 1.48. The van der Waals surface area contributed by atoms with E-state index >= 15 is 0 Å². The van der Waals surface area contributed by atoms with Crippen molar-refractivity contribution in [3.63, 3.8) is 0 Å². The summed E-state index contributed by atoms with van der Waals surface area (Å²) in [7, 11) is 5.50. The van der Waals surface area contributed by atoms with Crippen LogP contribution in [-0.4, -0.2) is 64.3 Å². The Morgan fingerprint density at radius 1 is 1.06 bits per heavy atom. The largest absolute Gasteiger partial charge is 0.493 e. The van der Waals surface area contributed by atoms with Crippen molar-refractivity contribution >= 4 is 17.5 Å². The van der Waals surface area contributed by atoms with Gasteiger partial charge < -0.3 is 18.9 Å². The average molecular weight is 420 g/mol. The van der Waals surface area contributed by atoms with Crippen molar-refractivity contribution in [2.24, 2.45) is 0 Å². The first-order chi connectivity index (χ1) is 15.0. The lowest BCUT2D eigenvalue weighted by atomic mass is 10.1. The van der Waals surface area contributed by atoms with Gasteiger partial charge in [0.05, 0.1) is 54.0 Å². The van der Waals surface area contributed by atoms with E-state index in [-0.39, 0.29) is 5.78 Å². The number of benzene rings is 2. The highest BCUT2D eigenvalue weighted by molar-refractivity contribution is 6.15. The van der Waals surface area contributed by atoms with Crippen LogP contribution in [0.2, 0.25) is 0 Å². The number of anilines is 1. The molecule has 0 saturated carbocycles. The molecule has 1 heterocycles. The van der Waals surface area contributed by atoms with Crippen LogP contribution in [0.15, 0.2) is 54.6 Å². The molecule has 0 atom stereocenters. The number of carbonyl (C=O) groups excluding carboxylic acids is 1.